The number of nitrogen functional groups attached to an aromatic ring is 1. The van der Waals surface area contributed by atoms with Gasteiger partial charge in [-0.3, -0.25) is 0 Å². The fraction of sp³-hybridized carbons (Fsp3) is 0.308. The second-order valence-electron chi connectivity index (χ2n) is 3.94. The highest BCUT2D eigenvalue weighted by Crippen LogP contribution is 2.13. The summed E-state index contributed by atoms with van der Waals surface area (Å²) < 4.78 is 7.73. The number of aryl methyl sites for hydroxylation is 2. The molecule has 1 aromatic carbocycles. The lowest BCUT2D eigenvalue weighted by atomic mass is 10.3. The number of benzene rings is 1. The summed E-state index contributed by atoms with van der Waals surface area (Å²) in [7, 11) is 0. The monoisotopic (exact) mass is 231 g/mol. The molecule has 0 bridgehead atoms. The van der Waals surface area contributed by atoms with Crippen molar-refractivity contribution >= 4 is 5.69 Å². The molecule has 2 rings (SSSR count). The topological polar surface area (TPSA) is 53.1 Å². The van der Waals surface area contributed by atoms with Crippen molar-refractivity contribution in [1.82, 2.24) is 9.55 Å². The van der Waals surface area contributed by atoms with E-state index >= 15 is 0 Å². The average Bonchev–Trinajstić information content (AvgIpc) is 2.73. The molecule has 2 N–H and O–H groups in total. The second kappa shape index (κ2) is 5.39. The van der Waals surface area contributed by atoms with Gasteiger partial charge in [0.2, 0.25) is 0 Å². The van der Waals surface area contributed by atoms with E-state index in [0.29, 0.717) is 6.61 Å². The van der Waals surface area contributed by atoms with Crippen molar-refractivity contribution < 1.29 is 4.74 Å². The molecule has 0 saturated carbocycles. The number of nitrogens with zero attached hydrogens (tertiary/aromatic N) is 2. The molecule has 90 valence electrons. The largest absolute Gasteiger partial charge is 0.494 e. The van der Waals surface area contributed by atoms with E-state index < -0.39 is 0 Å². The van der Waals surface area contributed by atoms with Gasteiger partial charge in [0, 0.05) is 24.6 Å². The van der Waals surface area contributed by atoms with Crippen molar-refractivity contribution in [3.63, 3.8) is 0 Å². The summed E-state index contributed by atoms with van der Waals surface area (Å²) in [4.78, 5) is 4.17. The highest BCUT2D eigenvalue weighted by atomic mass is 16.5. The smallest absolute Gasteiger partial charge is 0.119 e. The summed E-state index contributed by atoms with van der Waals surface area (Å²) in [5.74, 6) is 1.90. The van der Waals surface area contributed by atoms with Gasteiger partial charge in [0.25, 0.3) is 0 Å². The maximum absolute atomic E-state index is 5.61. The van der Waals surface area contributed by atoms with Gasteiger partial charge < -0.3 is 15.0 Å². The number of nitrogens with two attached hydrogens (primary N) is 1. The first-order chi connectivity index (χ1) is 8.25. The predicted octanol–water partition coefficient (Wildman–Crippen LogP) is 2.24. The number of anilines is 1. The van der Waals surface area contributed by atoms with E-state index in [0.717, 1.165) is 30.2 Å². The molecule has 0 aliphatic rings. The molecule has 0 amide bonds. The highest BCUT2D eigenvalue weighted by molar-refractivity contribution is 5.41. The number of rotatable bonds is 5. The number of ether oxygens (including phenoxy) is 1. The van der Waals surface area contributed by atoms with Gasteiger partial charge in [-0.25, -0.2) is 4.98 Å². The third-order valence-electron chi connectivity index (χ3n) is 2.62. The molecule has 0 spiro atoms. The van der Waals surface area contributed by atoms with Crippen LogP contribution in [-0.4, -0.2) is 16.2 Å². The molecule has 0 aliphatic heterocycles. The van der Waals surface area contributed by atoms with Gasteiger partial charge in [-0.2, -0.15) is 0 Å². The molecule has 17 heavy (non-hydrogen) atoms. The average molecular weight is 231 g/mol. The third kappa shape index (κ3) is 3.24. The zero-order valence-corrected chi connectivity index (χ0v) is 9.97. The molecule has 1 heterocycles. The van der Waals surface area contributed by atoms with Gasteiger partial charge in [-0.05, 0) is 37.6 Å². The lowest BCUT2D eigenvalue weighted by molar-refractivity contribution is 0.301. The van der Waals surface area contributed by atoms with Crippen LogP contribution in [0.1, 0.15) is 12.2 Å². The van der Waals surface area contributed by atoms with Crippen molar-refractivity contribution in [3.8, 4) is 5.75 Å². The standard InChI is InChI=1S/C13H17N3O/c1-11-15-7-9-16(11)8-2-10-17-13-5-3-12(14)4-6-13/h3-7,9H,2,8,10,14H2,1H3. The van der Waals surface area contributed by atoms with E-state index in [2.05, 4.69) is 9.55 Å². The first-order valence-electron chi connectivity index (χ1n) is 5.72. The Morgan fingerprint density at radius 3 is 2.71 bits per heavy atom. The van der Waals surface area contributed by atoms with Gasteiger partial charge in [0.1, 0.15) is 11.6 Å². The summed E-state index contributed by atoms with van der Waals surface area (Å²) in [5.41, 5.74) is 6.35. The Balaban J connectivity index is 1.73. The molecule has 0 fully saturated rings. The van der Waals surface area contributed by atoms with Crippen LogP contribution in [0.25, 0.3) is 0 Å². The molecule has 0 radical (unpaired) electrons. The lowest BCUT2D eigenvalue weighted by Crippen LogP contribution is -2.05. The third-order valence-corrected chi connectivity index (χ3v) is 2.62. The number of imidazole rings is 1. The Bertz CT molecular complexity index is 462. The van der Waals surface area contributed by atoms with Crippen molar-refractivity contribution in [2.24, 2.45) is 0 Å². The molecule has 0 aliphatic carbocycles. The van der Waals surface area contributed by atoms with E-state index in [4.69, 9.17) is 10.5 Å². The van der Waals surface area contributed by atoms with Crippen LogP contribution >= 0.6 is 0 Å². The molecule has 0 saturated heterocycles. The Morgan fingerprint density at radius 1 is 1.29 bits per heavy atom. The fourth-order valence-corrected chi connectivity index (χ4v) is 1.63. The van der Waals surface area contributed by atoms with E-state index in [1.807, 2.05) is 43.6 Å². The normalized spacial score (nSPS) is 10.4. The maximum atomic E-state index is 5.61. The zero-order valence-electron chi connectivity index (χ0n) is 9.97. The Hall–Kier alpha value is -1.97. The van der Waals surface area contributed by atoms with Crippen molar-refractivity contribution in [2.45, 2.75) is 19.9 Å². The molecule has 0 atom stereocenters. The summed E-state index contributed by atoms with van der Waals surface area (Å²) in [5, 5.41) is 0. The molecule has 4 nitrogen and oxygen atoms in total. The van der Waals surface area contributed by atoms with E-state index in [-0.39, 0.29) is 0 Å². The zero-order chi connectivity index (χ0) is 12.1. The van der Waals surface area contributed by atoms with Crippen LogP contribution in [0.2, 0.25) is 0 Å². The highest BCUT2D eigenvalue weighted by Gasteiger charge is 1.97. The van der Waals surface area contributed by atoms with Crippen LogP contribution in [0.5, 0.6) is 5.75 Å². The van der Waals surface area contributed by atoms with Crippen molar-refractivity contribution in [1.29, 1.82) is 0 Å². The summed E-state index contributed by atoms with van der Waals surface area (Å²) >= 11 is 0. The molecule has 4 heteroatoms. The minimum atomic E-state index is 0.696. The van der Waals surface area contributed by atoms with Gasteiger partial charge in [-0.15, -0.1) is 0 Å². The summed E-state index contributed by atoms with van der Waals surface area (Å²) in [6, 6.07) is 7.46. The first kappa shape index (κ1) is 11.5. The maximum Gasteiger partial charge on any atom is 0.119 e. The summed E-state index contributed by atoms with van der Waals surface area (Å²) in [6.07, 6.45) is 4.76. The van der Waals surface area contributed by atoms with Crippen molar-refractivity contribution in [2.75, 3.05) is 12.3 Å². The molecule has 1 aromatic heterocycles. The van der Waals surface area contributed by atoms with E-state index in [9.17, 15) is 0 Å². The predicted molar refractivity (Wildman–Crippen MR) is 67.9 cm³/mol. The van der Waals surface area contributed by atoms with Crippen molar-refractivity contribution in [3.05, 3.63) is 42.5 Å². The molecular weight excluding hydrogens is 214 g/mol. The Labute approximate surface area is 101 Å². The van der Waals surface area contributed by atoms with Gasteiger partial charge in [0.05, 0.1) is 6.61 Å². The molecule has 2 aromatic rings. The number of hydrogen-bond donors (Lipinski definition) is 1. The van der Waals surface area contributed by atoms with Crippen LogP contribution in [0, 0.1) is 6.92 Å². The number of hydrogen-bond acceptors (Lipinski definition) is 3. The van der Waals surface area contributed by atoms with Crippen LogP contribution < -0.4 is 10.5 Å². The van der Waals surface area contributed by atoms with Crippen LogP contribution in [0.15, 0.2) is 36.7 Å². The SMILES string of the molecule is Cc1nccn1CCCOc1ccc(N)cc1. The van der Waals surface area contributed by atoms with Crippen LogP contribution in [-0.2, 0) is 6.54 Å². The minimum absolute atomic E-state index is 0.696. The fourth-order valence-electron chi connectivity index (χ4n) is 1.63. The Kier molecular flexibility index (Phi) is 3.65. The quantitative estimate of drug-likeness (QED) is 0.634. The van der Waals surface area contributed by atoms with E-state index in [1.165, 1.54) is 0 Å². The van der Waals surface area contributed by atoms with Gasteiger partial charge in [-0.1, -0.05) is 0 Å². The second-order valence-corrected chi connectivity index (χ2v) is 3.94. The Morgan fingerprint density at radius 2 is 2.06 bits per heavy atom. The minimum Gasteiger partial charge on any atom is -0.494 e. The van der Waals surface area contributed by atoms with Gasteiger partial charge >= 0.3 is 0 Å². The van der Waals surface area contributed by atoms with Gasteiger partial charge in [0.15, 0.2) is 0 Å². The van der Waals surface area contributed by atoms with Crippen LogP contribution in [0.4, 0.5) is 5.69 Å². The summed E-state index contributed by atoms with van der Waals surface area (Å²) in [6.45, 7) is 3.63. The number of aromatic nitrogens is 2. The molecular formula is C13H17N3O. The van der Waals surface area contributed by atoms with E-state index in [1.54, 1.807) is 0 Å². The van der Waals surface area contributed by atoms with Crippen LogP contribution in [0.3, 0.4) is 0 Å². The molecule has 0 unspecified atom stereocenters. The first-order valence-corrected chi connectivity index (χ1v) is 5.72. The lowest BCUT2D eigenvalue weighted by Gasteiger charge is -2.07.